The quantitative estimate of drug-likeness (QED) is 0.828. The maximum atomic E-state index is 12.6. The third kappa shape index (κ3) is 3.22. The molecule has 0 aromatic carbocycles. The molecule has 0 fully saturated rings. The second-order valence-corrected chi connectivity index (χ2v) is 7.38. The van der Waals surface area contributed by atoms with Gasteiger partial charge in [-0.1, -0.05) is 12.1 Å². The average molecular weight is 362 g/mol. The number of carbonyl (C=O) groups is 2. The number of amides is 2. The number of hydrogen-bond donors (Lipinski definition) is 1. The molecule has 0 radical (unpaired) electrons. The highest BCUT2D eigenvalue weighted by Crippen LogP contribution is 2.33. The molecule has 7 heteroatoms. The van der Waals surface area contributed by atoms with Crippen LogP contribution in [0.15, 0.2) is 46.3 Å². The first-order chi connectivity index (χ1) is 11.6. The van der Waals surface area contributed by atoms with Crippen LogP contribution in [0, 0.1) is 0 Å². The lowest BCUT2D eigenvalue weighted by atomic mass is 10.0. The number of hydrogen-bond acceptors (Lipinski definition) is 5. The molecule has 126 valence electrons. The lowest BCUT2D eigenvalue weighted by Gasteiger charge is -2.34. The Balaban J connectivity index is 1.91. The molecule has 3 rings (SSSR count). The molecule has 5 nitrogen and oxygen atoms in total. The minimum atomic E-state index is -0.456. The van der Waals surface area contributed by atoms with Crippen molar-refractivity contribution < 1.29 is 14.3 Å². The van der Waals surface area contributed by atoms with Gasteiger partial charge in [0.1, 0.15) is 0 Å². The van der Waals surface area contributed by atoms with E-state index in [2.05, 4.69) is 5.32 Å². The van der Waals surface area contributed by atoms with Gasteiger partial charge in [0, 0.05) is 22.0 Å². The van der Waals surface area contributed by atoms with Crippen LogP contribution in [0.1, 0.15) is 22.7 Å². The molecule has 2 aromatic rings. The van der Waals surface area contributed by atoms with Gasteiger partial charge >= 0.3 is 12.0 Å². The summed E-state index contributed by atoms with van der Waals surface area (Å²) >= 11 is 3.16. The van der Waals surface area contributed by atoms with E-state index in [4.69, 9.17) is 4.74 Å². The predicted molar refractivity (Wildman–Crippen MR) is 95.0 cm³/mol. The molecule has 0 spiro atoms. The van der Waals surface area contributed by atoms with Gasteiger partial charge < -0.3 is 10.1 Å². The Labute approximate surface area is 148 Å². The van der Waals surface area contributed by atoms with Gasteiger partial charge in [0.15, 0.2) is 0 Å². The SMILES string of the molecule is COC(=O)C1=C(C)N(CCc2cccs2)C(=O)NC1c1cccs1. The molecular weight excluding hydrogens is 344 g/mol. The van der Waals surface area contributed by atoms with Crippen LogP contribution in [0.2, 0.25) is 0 Å². The molecule has 1 atom stereocenters. The maximum absolute atomic E-state index is 12.6. The van der Waals surface area contributed by atoms with E-state index < -0.39 is 12.0 Å². The minimum Gasteiger partial charge on any atom is -0.466 e. The molecule has 0 bridgehead atoms. The largest absolute Gasteiger partial charge is 0.466 e. The van der Waals surface area contributed by atoms with E-state index in [0.29, 0.717) is 17.8 Å². The zero-order valence-corrected chi connectivity index (χ0v) is 15.1. The van der Waals surface area contributed by atoms with Gasteiger partial charge in [-0.05, 0) is 36.2 Å². The zero-order chi connectivity index (χ0) is 17.1. The summed E-state index contributed by atoms with van der Waals surface area (Å²) in [5.41, 5.74) is 1.14. The standard InChI is InChI=1S/C17H18N2O3S2/c1-11-14(16(20)22-2)15(13-6-4-10-24-13)18-17(21)19(11)8-7-12-5-3-9-23-12/h3-6,9-10,15H,7-8H2,1-2H3,(H,18,21). The molecule has 0 aliphatic carbocycles. The van der Waals surface area contributed by atoms with E-state index in [9.17, 15) is 9.59 Å². The van der Waals surface area contributed by atoms with Gasteiger partial charge in [0.2, 0.25) is 0 Å². The summed E-state index contributed by atoms with van der Waals surface area (Å²) in [7, 11) is 1.36. The van der Waals surface area contributed by atoms with Crippen LogP contribution in [0.5, 0.6) is 0 Å². The number of methoxy groups -OCH3 is 1. The third-order valence-electron chi connectivity index (χ3n) is 3.99. The monoisotopic (exact) mass is 362 g/mol. The fraction of sp³-hybridized carbons (Fsp3) is 0.294. The van der Waals surface area contributed by atoms with Gasteiger partial charge in [0.05, 0.1) is 18.7 Å². The fourth-order valence-electron chi connectivity index (χ4n) is 2.77. The second-order valence-electron chi connectivity index (χ2n) is 5.37. The highest BCUT2D eigenvalue weighted by atomic mass is 32.1. The average Bonchev–Trinajstić information content (AvgIpc) is 3.27. The van der Waals surface area contributed by atoms with Crippen molar-refractivity contribution in [3.63, 3.8) is 0 Å². The van der Waals surface area contributed by atoms with E-state index in [1.165, 1.54) is 23.3 Å². The molecular formula is C17H18N2O3S2. The topological polar surface area (TPSA) is 58.6 Å². The Kier molecular flexibility index (Phi) is 5.01. The van der Waals surface area contributed by atoms with Crippen LogP contribution >= 0.6 is 22.7 Å². The Bertz CT molecular complexity index is 751. The minimum absolute atomic E-state index is 0.185. The Morgan fingerprint density at radius 1 is 1.29 bits per heavy atom. The summed E-state index contributed by atoms with van der Waals surface area (Å²) in [6.45, 7) is 2.33. The van der Waals surface area contributed by atoms with Crippen LogP contribution in [-0.4, -0.2) is 30.6 Å². The second kappa shape index (κ2) is 7.19. The number of nitrogens with one attached hydrogen (secondary N) is 1. The van der Waals surface area contributed by atoms with Gasteiger partial charge in [-0.3, -0.25) is 4.90 Å². The summed E-state index contributed by atoms with van der Waals surface area (Å²) in [5.74, 6) is -0.410. The normalized spacial score (nSPS) is 17.8. The summed E-state index contributed by atoms with van der Waals surface area (Å²) < 4.78 is 4.95. The van der Waals surface area contributed by atoms with Crippen molar-refractivity contribution in [2.75, 3.05) is 13.7 Å². The lowest BCUT2D eigenvalue weighted by Crippen LogP contribution is -2.48. The maximum Gasteiger partial charge on any atom is 0.338 e. The number of esters is 1. The molecule has 0 saturated heterocycles. The van der Waals surface area contributed by atoms with Gasteiger partial charge in [-0.25, -0.2) is 9.59 Å². The van der Waals surface area contributed by atoms with Crippen molar-refractivity contribution in [2.24, 2.45) is 0 Å². The molecule has 1 N–H and O–H groups in total. The number of urea groups is 1. The van der Waals surface area contributed by atoms with Crippen molar-refractivity contribution >= 4 is 34.7 Å². The molecule has 1 unspecified atom stereocenters. The predicted octanol–water partition coefficient (Wildman–Crippen LogP) is 3.57. The molecule has 3 heterocycles. The highest BCUT2D eigenvalue weighted by Gasteiger charge is 2.36. The van der Waals surface area contributed by atoms with Gasteiger partial charge in [-0.15, -0.1) is 22.7 Å². The third-order valence-corrected chi connectivity index (χ3v) is 5.86. The molecule has 1 aliphatic heterocycles. The molecule has 2 aromatic heterocycles. The van der Waals surface area contributed by atoms with E-state index in [0.717, 1.165) is 11.3 Å². The smallest absolute Gasteiger partial charge is 0.338 e. The number of nitrogens with zero attached hydrogens (tertiary/aromatic N) is 1. The van der Waals surface area contributed by atoms with E-state index in [1.54, 1.807) is 23.2 Å². The van der Waals surface area contributed by atoms with Crippen molar-refractivity contribution in [3.8, 4) is 0 Å². The van der Waals surface area contributed by atoms with Crippen LogP contribution in [0.25, 0.3) is 0 Å². The van der Waals surface area contributed by atoms with Crippen LogP contribution in [-0.2, 0) is 16.0 Å². The summed E-state index contributed by atoms with van der Waals surface area (Å²) in [6.07, 6.45) is 0.751. The molecule has 24 heavy (non-hydrogen) atoms. The van der Waals surface area contributed by atoms with Gasteiger partial charge in [0.25, 0.3) is 0 Å². The van der Waals surface area contributed by atoms with E-state index >= 15 is 0 Å². The van der Waals surface area contributed by atoms with Crippen LogP contribution in [0.4, 0.5) is 4.79 Å². The number of carbonyl (C=O) groups excluding carboxylic acids is 2. The first-order valence-electron chi connectivity index (χ1n) is 7.54. The summed E-state index contributed by atoms with van der Waals surface area (Å²) in [6, 6.07) is 7.21. The molecule has 1 aliphatic rings. The number of rotatable bonds is 5. The summed E-state index contributed by atoms with van der Waals surface area (Å²) in [4.78, 5) is 28.6. The van der Waals surface area contributed by atoms with Crippen molar-refractivity contribution in [1.82, 2.24) is 10.2 Å². The highest BCUT2D eigenvalue weighted by molar-refractivity contribution is 7.10. The Hall–Kier alpha value is -2.12. The van der Waals surface area contributed by atoms with Crippen LogP contribution < -0.4 is 5.32 Å². The first-order valence-corrected chi connectivity index (χ1v) is 9.30. The van der Waals surface area contributed by atoms with E-state index in [-0.39, 0.29) is 6.03 Å². The van der Waals surface area contributed by atoms with Crippen molar-refractivity contribution in [1.29, 1.82) is 0 Å². The lowest BCUT2D eigenvalue weighted by molar-refractivity contribution is -0.136. The first kappa shape index (κ1) is 16.7. The molecule has 2 amide bonds. The zero-order valence-electron chi connectivity index (χ0n) is 13.4. The number of thiophene rings is 2. The number of ether oxygens (including phenoxy) is 1. The Morgan fingerprint density at radius 2 is 2.04 bits per heavy atom. The van der Waals surface area contributed by atoms with E-state index in [1.807, 2.05) is 35.0 Å². The number of allylic oxidation sites excluding steroid dienone is 1. The fourth-order valence-corrected chi connectivity index (χ4v) is 4.25. The van der Waals surface area contributed by atoms with Crippen molar-refractivity contribution in [3.05, 3.63) is 56.1 Å². The van der Waals surface area contributed by atoms with Crippen LogP contribution in [0.3, 0.4) is 0 Å². The Morgan fingerprint density at radius 3 is 2.67 bits per heavy atom. The van der Waals surface area contributed by atoms with Gasteiger partial charge in [-0.2, -0.15) is 0 Å². The molecule has 0 saturated carbocycles. The summed E-state index contributed by atoms with van der Waals surface area (Å²) in [5, 5.41) is 6.88. The van der Waals surface area contributed by atoms with Crippen molar-refractivity contribution in [2.45, 2.75) is 19.4 Å².